The average Bonchev–Trinajstić information content (AvgIpc) is 3.18. The highest BCUT2D eigenvalue weighted by Gasteiger charge is 2.29. The first-order valence-corrected chi connectivity index (χ1v) is 10.5. The van der Waals surface area contributed by atoms with E-state index in [9.17, 15) is 4.79 Å². The Labute approximate surface area is 159 Å². The van der Waals surface area contributed by atoms with Crippen molar-refractivity contribution in [1.29, 1.82) is 0 Å². The molecule has 2 aliphatic rings. The Morgan fingerprint density at radius 2 is 2.04 bits per heavy atom. The molecule has 1 saturated carbocycles. The molecule has 1 aliphatic heterocycles. The van der Waals surface area contributed by atoms with Gasteiger partial charge in [0.25, 0.3) is 5.56 Å². The quantitative estimate of drug-likeness (QED) is 0.805. The molecule has 0 spiro atoms. The molecule has 0 bridgehead atoms. The van der Waals surface area contributed by atoms with E-state index in [-0.39, 0.29) is 11.0 Å². The van der Waals surface area contributed by atoms with Crippen LogP contribution in [0.1, 0.15) is 68.8 Å². The van der Waals surface area contributed by atoms with Gasteiger partial charge in [0, 0.05) is 35.4 Å². The van der Waals surface area contributed by atoms with Crippen LogP contribution in [0, 0.1) is 0 Å². The minimum absolute atomic E-state index is 0.00507. The predicted octanol–water partition coefficient (Wildman–Crippen LogP) is 3.54. The van der Waals surface area contributed by atoms with E-state index in [1.54, 1.807) is 10.7 Å². The Balaban J connectivity index is 1.47. The van der Waals surface area contributed by atoms with Crippen LogP contribution >= 0.6 is 11.3 Å². The molecule has 4 rings (SSSR count). The van der Waals surface area contributed by atoms with Gasteiger partial charge in [0.15, 0.2) is 0 Å². The van der Waals surface area contributed by atoms with Gasteiger partial charge >= 0.3 is 0 Å². The van der Waals surface area contributed by atoms with Crippen molar-refractivity contribution in [2.45, 2.75) is 76.9 Å². The normalized spacial score (nSPS) is 21.4. The van der Waals surface area contributed by atoms with Crippen LogP contribution in [0.5, 0.6) is 0 Å². The van der Waals surface area contributed by atoms with Crippen LogP contribution in [0.3, 0.4) is 0 Å². The fourth-order valence-electron chi connectivity index (χ4n) is 3.61. The Bertz CT molecular complexity index is 831. The van der Waals surface area contributed by atoms with Gasteiger partial charge in [-0.3, -0.25) is 9.69 Å². The summed E-state index contributed by atoms with van der Waals surface area (Å²) in [6, 6.07) is 3.89. The summed E-state index contributed by atoms with van der Waals surface area (Å²) in [5.74, 6) is 0.728. The molecule has 0 aromatic carbocycles. The summed E-state index contributed by atoms with van der Waals surface area (Å²) in [4.78, 5) is 19.6. The number of thiazole rings is 1. The summed E-state index contributed by atoms with van der Waals surface area (Å²) in [5.41, 5.74) is 2.10. The highest BCUT2D eigenvalue weighted by atomic mass is 32.1. The third-order valence-corrected chi connectivity index (χ3v) is 6.44. The lowest BCUT2D eigenvalue weighted by molar-refractivity contribution is 0.213. The van der Waals surface area contributed by atoms with Crippen molar-refractivity contribution in [3.8, 4) is 0 Å². The molecule has 0 N–H and O–H groups in total. The zero-order valence-corrected chi connectivity index (χ0v) is 16.8. The minimum atomic E-state index is -0.0510. The molecule has 2 aromatic heterocycles. The van der Waals surface area contributed by atoms with Crippen molar-refractivity contribution in [2.75, 3.05) is 6.54 Å². The highest BCUT2D eigenvalue weighted by molar-refractivity contribution is 7.09. The monoisotopic (exact) mass is 372 g/mol. The van der Waals surface area contributed by atoms with E-state index < -0.39 is 0 Å². The van der Waals surface area contributed by atoms with Crippen LogP contribution in [0.15, 0.2) is 22.3 Å². The Hall–Kier alpha value is -1.53. The number of rotatable bonds is 5. The number of hydrogen-bond donors (Lipinski definition) is 0. The molecule has 2 fully saturated rings. The van der Waals surface area contributed by atoms with Gasteiger partial charge in [-0.1, -0.05) is 20.8 Å². The van der Waals surface area contributed by atoms with Gasteiger partial charge < -0.3 is 0 Å². The van der Waals surface area contributed by atoms with Crippen molar-refractivity contribution >= 4 is 11.3 Å². The molecular weight excluding hydrogens is 344 g/mol. The second kappa shape index (κ2) is 6.89. The Morgan fingerprint density at radius 3 is 2.77 bits per heavy atom. The molecule has 3 heterocycles. The van der Waals surface area contributed by atoms with Crippen molar-refractivity contribution in [1.82, 2.24) is 19.7 Å². The molecule has 1 saturated heterocycles. The molecule has 2 aromatic rings. The standard InChI is InChI=1S/C20H28N4OS/c1-20(2,3)17-8-9-18(25)24(22-17)12-16-5-4-10-23(16)11-15-13-26-19(21-15)14-6-7-14/h8-9,13-14,16H,4-7,10-12H2,1-3H3. The second-order valence-corrected chi connectivity index (χ2v) is 9.60. The topological polar surface area (TPSA) is 51.0 Å². The van der Waals surface area contributed by atoms with Crippen molar-refractivity contribution in [3.05, 3.63) is 44.3 Å². The van der Waals surface area contributed by atoms with E-state index >= 15 is 0 Å². The minimum Gasteiger partial charge on any atom is -0.293 e. The summed E-state index contributed by atoms with van der Waals surface area (Å²) in [6.07, 6.45) is 4.90. The maximum absolute atomic E-state index is 12.3. The Morgan fingerprint density at radius 1 is 1.23 bits per heavy atom. The van der Waals surface area contributed by atoms with Gasteiger partial charge in [0.1, 0.15) is 0 Å². The smallest absolute Gasteiger partial charge is 0.266 e. The molecule has 1 atom stereocenters. The Kier molecular flexibility index (Phi) is 4.73. The molecule has 140 valence electrons. The van der Waals surface area contributed by atoms with Crippen LogP contribution in [0.2, 0.25) is 0 Å². The van der Waals surface area contributed by atoms with Crippen LogP contribution < -0.4 is 5.56 Å². The van der Waals surface area contributed by atoms with Crippen LogP contribution in [-0.2, 0) is 18.5 Å². The summed E-state index contributed by atoms with van der Waals surface area (Å²) in [7, 11) is 0. The molecule has 5 nitrogen and oxygen atoms in total. The summed E-state index contributed by atoms with van der Waals surface area (Å²) < 4.78 is 1.67. The fourth-order valence-corrected chi connectivity index (χ4v) is 4.59. The number of aromatic nitrogens is 3. The van der Waals surface area contributed by atoms with Gasteiger partial charge in [-0.15, -0.1) is 11.3 Å². The fraction of sp³-hybridized carbons (Fsp3) is 0.650. The molecule has 6 heteroatoms. The first-order chi connectivity index (χ1) is 12.4. The van der Waals surface area contributed by atoms with Crippen LogP contribution in [0.4, 0.5) is 0 Å². The molecular formula is C20H28N4OS. The maximum Gasteiger partial charge on any atom is 0.266 e. The summed E-state index contributed by atoms with van der Waals surface area (Å²) >= 11 is 1.81. The van der Waals surface area contributed by atoms with E-state index in [1.807, 2.05) is 17.4 Å². The van der Waals surface area contributed by atoms with Crippen molar-refractivity contribution < 1.29 is 0 Å². The molecule has 0 amide bonds. The lowest BCUT2D eigenvalue weighted by atomic mass is 9.92. The van der Waals surface area contributed by atoms with Crippen molar-refractivity contribution in [3.63, 3.8) is 0 Å². The lowest BCUT2D eigenvalue weighted by Gasteiger charge is -2.25. The zero-order valence-electron chi connectivity index (χ0n) is 15.9. The number of hydrogen-bond acceptors (Lipinski definition) is 5. The van der Waals surface area contributed by atoms with Gasteiger partial charge in [-0.2, -0.15) is 5.10 Å². The molecule has 0 radical (unpaired) electrons. The first kappa shape index (κ1) is 17.9. The van der Waals surface area contributed by atoms with Crippen LogP contribution in [0.25, 0.3) is 0 Å². The summed E-state index contributed by atoms with van der Waals surface area (Å²) in [6.45, 7) is 9.03. The second-order valence-electron chi connectivity index (χ2n) is 8.71. The maximum atomic E-state index is 12.3. The van der Waals surface area contributed by atoms with E-state index in [4.69, 9.17) is 4.98 Å². The lowest BCUT2D eigenvalue weighted by Crippen LogP contribution is -2.37. The third-order valence-electron chi connectivity index (χ3n) is 5.38. The van der Waals surface area contributed by atoms with Gasteiger partial charge in [-0.25, -0.2) is 9.67 Å². The van der Waals surface area contributed by atoms with Gasteiger partial charge in [0.05, 0.1) is 22.9 Å². The van der Waals surface area contributed by atoms with E-state index in [1.165, 1.54) is 30.0 Å². The SMILES string of the molecule is CC(C)(C)c1ccc(=O)n(CC2CCCN2Cc2csc(C3CC3)n2)n1. The van der Waals surface area contributed by atoms with E-state index in [2.05, 4.69) is 36.1 Å². The first-order valence-electron chi connectivity index (χ1n) is 9.67. The zero-order chi connectivity index (χ0) is 18.3. The van der Waals surface area contributed by atoms with Crippen LogP contribution in [-0.4, -0.2) is 32.3 Å². The average molecular weight is 373 g/mol. The third kappa shape index (κ3) is 3.91. The summed E-state index contributed by atoms with van der Waals surface area (Å²) in [5, 5.41) is 8.18. The van der Waals surface area contributed by atoms with Gasteiger partial charge in [-0.05, 0) is 38.3 Å². The van der Waals surface area contributed by atoms with E-state index in [0.29, 0.717) is 12.6 Å². The molecule has 26 heavy (non-hydrogen) atoms. The van der Waals surface area contributed by atoms with E-state index in [0.717, 1.165) is 31.1 Å². The molecule has 1 aliphatic carbocycles. The van der Waals surface area contributed by atoms with Crippen molar-refractivity contribution in [2.24, 2.45) is 0 Å². The molecule has 1 unspecified atom stereocenters. The largest absolute Gasteiger partial charge is 0.293 e. The number of likely N-dealkylation sites (tertiary alicyclic amines) is 1. The number of nitrogens with zero attached hydrogens (tertiary/aromatic N) is 4. The highest BCUT2D eigenvalue weighted by Crippen LogP contribution is 2.41. The van der Waals surface area contributed by atoms with Gasteiger partial charge in [0.2, 0.25) is 0 Å². The predicted molar refractivity (Wildman–Crippen MR) is 105 cm³/mol.